The van der Waals surface area contributed by atoms with Gasteiger partial charge in [-0.1, -0.05) is 68.1 Å². The topological polar surface area (TPSA) is 26.3 Å². The summed E-state index contributed by atoms with van der Waals surface area (Å²) in [6, 6.07) is 18.0. The van der Waals surface area contributed by atoms with Crippen LogP contribution in [0.3, 0.4) is 0 Å². The minimum Gasteiger partial charge on any atom is -0.462 e. The van der Waals surface area contributed by atoms with E-state index in [1.165, 1.54) is 0 Å². The molecule has 2 aromatic carbocycles. The molecule has 0 amide bonds. The van der Waals surface area contributed by atoms with Crippen LogP contribution in [0.2, 0.25) is 0 Å². The van der Waals surface area contributed by atoms with E-state index in [0.717, 1.165) is 28.7 Å². The zero-order valence-corrected chi connectivity index (χ0v) is 14.1. The Bertz CT molecular complexity index is 673. The van der Waals surface area contributed by atoms with Crippen molar-refractivity contribution in [2.75, 3.05) is 0 Å². The summed E-state index contributed by atoms with van der Waals surface area (Å²) in [4.78, 5) is 12.2. The fourth-order valence-electron chi connectivity index (χ4n) is 2.32. The molecule has 0 saturated heterocycles. The van der Waals surface area contributed by atoms with Gasteiger partial charge >= 0.3 is 5.97 Å². The molecule has 0 N–H and O–H groups in total. The first-order valence-electron chi connectivity index (χ1n) is 8.08. The number of esters is 1. The molecular weight excluding hydrogens is 284 g/mol. The van der Waals surface area contributed by atoms with Gasteiger partial charge < -0.3 is 4.74 Å². The molecule has 0 spiro atoms. The van der Waals surface area contributed by atoms with E-state index in [1.807, 2.05) is 75.4 Å². The van der Waals surface area contributed by atoms with Crippen molar-refractivity contribution in [3.05, 3.63) is 77.9 Å². The van der Waals surface area contributed by atoms with Crippen LogP contribution < -0.4 is 0 Å². The Morgan fingerprint density at radius 1 is 1.04 bits per heavy atom. The van der Waals surface area contributed by atoms with Crippen molar-refractivity contribution in [1.29, 1.82) is 0 Å². The van der Waals surface area contributed by atoms with Gasteiger partial charge in [0.1, 0.15) is 0 Å². The third-order valence-corrected chi connectivity index (χ3v) is 4.10. The third-order valence-electron chi connectivity index (χ3n) is 4.10. The van der Waals surface area contributed by atoms with E-state index < -0.39 is 0 Å². The fourth-order valence-corrected chi connectivity index (χ4v) is 2.32. The van der Waals surface area contributed by atoms with Crippen molar-refractivity contribution in [2.24, 2.45) is 0 Å². The molecule has 0 aromatic heterocycles. The molecule has 2 rings (SSSR count). The molecule has 2 heteroatoms. The number of ether oxygens (including phenoxy) is 1. The molecule has 0 heterocycles. The van der Waals surface area contributed by atoms with E-state index in [4.69, 9.17) is 4.74 Å². The Morgan fingerprint density at radius 3 is 2.35 bits per heavy atom. The van der Waals surface area contributed by atoms with Crippen LogP contribution in [0.5, 0.6) is 0 Å². The first-order valence-corrected chi connectivity index (χ1v) is 8.08. The number of rotatable bonds is 6. The van der Waals surface area contributed by atoms with E-state index in [-0.39, 0.29) is 18.0 Å². The van der Waals surface area contributed by atoms with E-state index >= 15 is 0 Å². The maximum absolute atomic E-state index is 12.2. The smallest absolute Gasteiger partial charge is 0.313 e. The minimum absolute atomic E-state index is 0.0487. The Hall–Kier alpha value is -2.35. The maximum atomic E-state index is 12.2. The van der Waals surface area contributed by atoms with Crippen LogP contribution in [-0.2, 0) is 9.53 Å². The molecule has 0 aliphatic rings. The molecule has 23 heavy (non-hydrogen) atoms. The van der Waals surface area contributed by atoms with Crippen molar-refractivity contribution >= 4 is 11.5 Å². The standard InChI is InChI=1S/C21H24O2/c1-5-15(2)23-21(22)17(4)20-13-9-12-19(14-20)16(3)18-10-7-6-8-11-18/h6-15,17H,3,5H2,1-2,4H3. The number of carbonyl (C=O) groups excluding carboxylic acids is 1. The summed E-state index contributed by atoms with van der Waals surface area (Å²) in [6.07, 6.45) is 0.774. The second kappa shape index (κ2) is 7.77. The van der Waals surface area contributed by atoms with Crippen molar-refractivity contribution in [3.8, 4) is 0 Å². The summed E-state index contributed by atoms with van der Waals surface area (Å²) < 4.78 is 5.44. The van der Waals surface area contributed by atoms with Gasteiger partial charge in [0.15, 0.2) is 0 Å². The second-order valence-corrected chi connectivity index (χ2v) is 5.85. The SMILES string of the molecule is C=C(c1ccccc1)c1cccc(C(C)C(=O)OC(C)CC)c1. The van der Waals surface area contributed by atoms with E-state index in [1.54, 1.807) is 0 Å². The second-order valence-electron chi connectivity index (χ2n) is 5.85. The molecule has 2 nitrogen and oxygen atoms in total. The summed E-state index contributed by atoms with van der Waals surface area (Å²) in [6.45, 7) is 9.99. The number of carbonyl (C=O) groups is 1. The predicted molar refractivity (Wildman–Crippen MR) is 95.3 cm³/mol. The lowest BCUT2D eigenvalue weighted by Crippen LogP contribution is -2.19. The number of hydrogen-bond donors (Lipinski definition) is 0. The average molecular weight is 308 g/mol. The highest BCUT2D eigenvalue weighted by Gasteiger charge is 2.19. The fraction of sp³-hybridized carbons (Fsp3) is 0.286. The van der Waals surface area contributed by atoms with Crippen LogP contribution >= 0.6 is 0 Å². The summed E-state index contributed by atoms with van der Waals surface area (Å²) in [7, 11) is 0. The largest absolute Gasteiger partial charge is 0.462 e. The third kappa shape index (κ3) is 4.32. The van der Waals surface area contributed by atoms with Gasteiger partial charge in [-0.2, -0.15) is 0 Å². The van der Waals surface area contributed by atoms with Crippen molar-refractivity contribution < 1.29 is 9.53 Å². The highest BCUT2D eigenvalue weighted by molar-refractivity contribution is 5.81. The lowest BCUT2D eigenvalue weighted by Gasteiger charge is -2.17. The average Bonchev–Trinajstić information content (AvgIpc) is 2.61. The molecular formula is C21H24O2. The molecule has 0 radical (unpaired) electrons. The van der Waals surface area contributed by atoms with Crippen LogP contribution in [0.15, 0.2) is 61.2 Å². The van der Waals surface area contributed by atoms with Crippen molar-refractivity contribution in [1.82, 2.24) is 0 Å². The Labute approximate surface area is 138 Å². The van der Waals surface area contributed by atoms with Gasteiger partial charge in [-0.05, 0) is 42.5 Å². The van der Waals surface area contributed by atoms with Crippen molar-refractivity contribution in [2.45, 2.75) is 39.2 Å². The summed E-state index contributed by atoms with van der Waals surface area (Å²) in [5.41, 5.74) is 4.01. The van der Waals surface area contributed by atoms with Gasteiger partial charge in [0.05, 0.1) is 12.0 Å². The minimum atomic E-state index is -0.285. The van der Waals surface area contributed by atoms with E-state index in [0.29, 0.717) is 0 Å². The molecule has 2 unspecified atom stereocenters. The first-order chi connectivity index (χ1) is 11.0. The zero-order valence-electron chi connectivity index (χ0n) is 14.1. The summed E-state index contributed by atoms with van der Waals surface area (Å²) >= 11 is 0. The molecule has 0 aliphatic carbocycles. The van der Waals surface area contributed by atoms with Gasteiger partial charge in [-0.15, -0.1) is 0 Å². The molecule has 0 bridgehead atoms. The van der Waals surface area contributed by atoms with Gasteiger partial charge in [0, 0.05) is 0 Å². The van der Waals surface area contributed by atoms with Crippen LogP contribution in [0.1, 0.15) is 49.8 Å². The predicted octanol–water partition coefficient (Wildman–Crippen LogP) is 5.19. The maximum Gasteiger partial charge on any atom is 0.313 e. The summed E-state index contributed by atoms with van der Waals surface area (Å²) in [5, 5.41) is 0. The van der Waals surface area contributed by atoms with Gasteiger partial charge in [-0.25, -0.2) is 0 Å². The molecule has 120 valence electrons. The molecule has 0 aliphatic heterocycles. The van der Waals surface area contributed by atoms with Gasteiger partial charge in [0.2, 0.25) is 0 Å². The normalized spacial score (nSPS) is 13.2. The zero-order chi connectivity index (χ0) is 16.8. The van der Waals surface area contributed by atoms with E-state index in [2.05, 4.69) is 6.58 Å². The Morgan fingerprint density at radius 2 is 1.70 bits per heavy atom. The van der Waals surface area contributed by atoms with Crippen molar-refractivity contribution in [3.63, 3.8) is 0 Å². The molecule has 0 saturated carbocycles. The van der Waals surface area contributed by atoms with Crippen LogP contribution in [0.25, 0.3) is 5.57 Å². The summed E-state index contributed by atoms with van der Waals surface area (Å²) in [5.74, 6) is -0.464. The number of benzene rings is 2. The quantitative estimate of drug-likeness (QED) is 0.686. The number of hydrogen-bond acceptors (Lipinski definition) is 2. The highest BCUT2D eigenvalue weighted by Crippen LogP contribution is 2.25. The Kier molecular flexibility index (Phi) is 5.75. The van der Waals surface area contributed by atoms with E-state index in [9.17, 15) is 4.79 Å². The Balaban J connectivity index is 2.19. The lowest BCUT2D eigenvalue weighted by atomic mass is 9.94. The highest BCUT2D eigenvalue weighted by atomic mass is 16.5. The monoisotopic (exact) mass is 308 g/mol. The molecule has 2 atom stereocenters. The van der Waals surface area contributed by atoms with Crippen LogP contribution in [-0.4, -0.2) is 12.1 Å². The van der Waals surface area contributed by atoms with Gasteiger partial charge in [-0.3, -0.25) is 4.79 Å². The van der Waals surface area contributed by atoms with Crippen LogP contribution in [0.4, 0.5) is 0 Å². The first kappa shape index (κ1) is 17.0. The van der Waals surface area contributed by atoms with Gasteiger partial charge in [0.25, 0.3) is 0 Å². The molecule has 0 fully saturated rings. The lowest BCUT2D eigenvalue weighted by molar-refractivity contribution is -0.149. The van der Waals surface area contributed by atoms with Crippen LogP contribution in [0, 0.1) is 0 Å². The molecule has 2 aromatic rings.